The predicted molar refractivity (Wildman–Crippen MR) is 115 cm³/mol. The van der Waals surface area contributed by atoms with Gasteiger partial charge in [-0.05, 0) is 31.7 Å². The first-order valence-electron chi connectivity index (χ1n) is 10.4. The van der Waals surface area contributed by atoms with E-state index in [4.69, 9.17) is 27.4 Å². The molecule has 0 heterocycles. The highest BCUT2D eigenvalue weighted by Gasteiger charge is 2.31. The molecule has 4 atom stereocenters. The summed E-state index contributed by atoms with van der Waals surface area (Å²) in [6, 6.07) is -5.04. The van der Waals surface area contributed by atoms with E-state index in [0.29, 0.717) is 25.8 Å². The van der Waals surface area contributed by atoms with E-state index in [9.17, 15) is 24.0 Å². The molecule has 184 valence electrons. The smallest absolute Gasteiger partial charge is 0.328 e. The van der Waals surface area contributed by atoms with Gasteiger partial charge in [-0.25, -0.2) is 4.79 Å². The van der Waals surface area contributed by atoms with Gasteiger partial charge in [-0.3, -0.25) is 19.2 Å². The molecule has 0 spiro atoms. The van der Waals surface area contributed by atoms with Crippen LogP contribution in [0.25, 0.3) is 0 Å². The highest BCUT2D eigenvalue weighted by molar-refractivity contribution is 5.96. The van der Waals surface area contributed by atoms with Crippen LogP contribution in [0.4, 0.5) is 0 Å². The maximum atomic E-state index is 12.8. The lowest BCUT2D eigenvalue weighted by atomic mass is 10.0. The molecular formula is C19H36N6O7. The normalized spacial score (nSPS) is 14.7. The van der Waals surface area contributed by atoms with Crippen LogP contribution < -0.4 is 33.2 Å². The molecule has 0 fully saturated rings. The lowest BCUT2D eigenvalue weighted by Crippen LogP contribution is -2.58. The number of nitrogens with one attached hydrogen (secondary N) is 3. The number of nitrogens with two attached hydrogens (primary N) is 3. The number of aliphatic hydroxyl groups excluding tert-OH is 1. The molecule has 0 saturated carbocycles. The number of carboxylic acids is 1. The van der Waals surface area contributed by atoms with Crippen molar-refractivity contribution in [3.63, 3.8) is 0 Å². The van der Waals surface area contributed by atoms with Crippen molar-refractivity contribution in [2.75, 3.05) is 13.2 Å². The summed E-state index contributed by atoms with van der Waals surface area (Å²) >= 11 is 0. The largest absolute Gasteiger partial charge is 0.480 e. The van der Waals surface area contributed by atoms with Crippen molar-refractivity contribution in [1.82, 2.24) is 16.0 Å². The van der Waals surface area contributed by atoms with Crippen LogP contribution in [0.5, 0.6) is 0 Å². The van der Waals surface area contributed by atoms with E-state index in [2.05, 4.69) is 10.6 Å². The first kappa shape index (κ1) is 29.2. The van der Waals surface area contributed by atoms with E-state index in [1.807, 2.05) is 19.2 Å². The summed E-state index contributed by atoms with van der Waals surface area (Å²) in [4.78, 5) is 60.0. The zero-order valence-electron chi connectivity index (χ0n) is 18.5. The molecule has 0 aliphatic heterocycles. The number of rotatable bonds is 16. The molecule has 13 heteroatoms. The topological polar surface area (TPSA) is 240 Å². The standard InChI is InChI=1S/C19H36N6O7/c1-10(2)7-12(23-16(28)11(21)5-3-4-6-20)17(29)24-13(8-15(22)27)18(30)25-14(9-26)19(31)32/h10-14,26H,3-9,20-21H2,1-2H3,(H2,22,27)(H,23,28)(H,24,29)(H,25,30)(H,31,32). The minimum absolute atomic E-state index is 0.0197. The third-order valence-corrected chi connectivity index (χ3v) is 4.48. The second kappa shape index (κ2) is 15.1. The number of hydrogen-bond acceptors (Lipinski definition) is 8. The molecule has 0 radical (unpaired) electrons. The molecule has 32 heavy (non-hydrogen) atoms. The van der Waals surface area contributed by atoms with Gasteiger partial charge >= 0.3 is 5.97 Å². The number of carbonyl (C=O) groups is 5. The second-order valence-corrected chi connectivity index (χ2v) is 7.90. The average molecular weight is 461 g/mol. The van der Waals surface area contributed by atoms with Gasteiger partial charge in [-0.15, -0.1) is 0 Å². The van der Waals surface area contributed by atoms with Crippen molar-refractivity contribution >= 4 is 29.6 Å². The molecule has 4 unspecified atom stereocenters. The fourth-order valence-electron chi connectivity index (χ4n) is 2.76. The molecular weight excluding hydrogens is 424 g/mol. The highest BCUT2D eigenvalue weighted by atomic mass is 16.4. The van der Waals surface area contributed by atoms with E-state index in [0.717, 1.165) is 0 Å². The number of amides is 4. The first-order valence-corrected chi connectivity index (χ1v) is 10.4. The minimum Gasteiger partial charge on any atom is -0.480 e. The monoisotopic (exact) mass is 460 g/mol. The Morgan fingerprint density at radius 2 is 1.41 bits per heavy atom. The van der Waals surface area contributed by atoms with Gasteiger partial charge in [0.2, 0.25) is 23.6 Å². The summed E-state index contributed by atoms with van der Waals surface area (Å²) < 4.78 is 0. The van der Waals surface area contributed by atoms with Crippen LogP contribution >= 0.6 is 0 Å². The van der Waals surface area contributed by atoms with E-state index >= 15 is 0 Å². The summed E-state index contributed by atoms with van der Waals surface area (Å²) in [6.45, 7) is 3.21. The van der Waals surface area contributed by atoms with Gasteiger partial charge in [0.25, 0.3) is 0 Å². The Morgan fingerprint density at radius 3 is 1.88 bits per heavy atom. The number of carbonyl (C=O) groups excluding carboxylic acids is 4. The van der Waals surface area contributed by atoms with Crippen LogP contribution in [0.15, 0.2) is 0 Å². The Hall–Kier alpha value is -2.77. The summed E-state index contributed by atoms with van der Waals surface area (Å²) in [5, 5.41) is 24.9. The SMILES string of the molecule is CC(C)CC(NC(=O)C(N)CCCCN)C(=O)NC(CC(N)=O)C(=O)NC(CO)C(=O)O. The van der Waals surface area contributed by atoms with Crippen molar-refractivity contribution < 1.29 is 34.2 Å². The Kier molecular flexibility index (Phi) is 13.8. The molecule has 0 aromatic rings. The maximum absolute atomic E-state index is 12.8. The van der Waals surface area contributed by atoms with Gasteiger partial charge < -0.3 is 43.4 Å². The Balaban J connectivity index is 5.35. The Labute approximate surface area is 186 Å². The molecule has 0 saturated heterocycles. The Bertz CT molecular complexity index is 658. The summed E-state index contributed by atoms with van der Waals surface area (Å²) in [5.74, 6) is -4.78. The van der Waals surface area contributed by atoms with E-state index in [1.165, 1.54) is 0 Å². The maximum Gasteiger partial charge on any atom is 0.328 e. The quantitative estimate of drug-likeness (QED) is 0.109. The van der Waals surface area contributed by atoms with Crippen molar-refractivity contribution in [1.29, 1.82) is 0 Å². The van der Waals surface area contributed by atoms with Gasteiger partial charge in [-0.1, -0.05) is 20.3 Å². The van der Waals surface area contributed by atoms with E-state index in [1.54, 1.807) is 0 Å². The fourth-order valence-corrected chi connectivity index (χ4v) is 2.76. The second-order valence-electron chi connectivity index (χ2n) is 7.90. The van der Waals surface area contributed by atoms with Crippen LogP contribution in [-0.4, -0.2) is 77.1 Å². The molecule has 0 aliphatic rings. The number of hydrogen-bond donors (Lipinski definition) is 8. The van der Waals surface area contributed by atoms with Crippen molar-refractivity contribution in [3.05, 3.63) is 0 Å². The molecule has 0 bridgehead atoms. The Morgan fingerprint density at radius 1 is 0.875 bits per heavy atom. The first-order chi connectivity index (χ1) is 14.9. The fraction of sp³-hybridized carbons (Fsp3) is 0.737. The lowest BCUT2D eigenvalue weighted by Gasteiger charge is -2.25. The van der Waals surface area contributed by atoms with Gasteiger partial charge in [-0.2, -0.15) is 0 Å². The summed E-state index contributed by atoms with van der Waals surface area (Å²) in [6.07, 6.45) is 1.32. The van der Waals surface area contributed by atoms with E-state index < -0.39 is 66.8 Å². The van der Waals surface area contributed by atoms with E-state index in [-0.39, 0.29) is 12.3 Å². The lowest BCUT2D eigenvalue weighted by molar-refractivity contribution is -0.143. The predicted octanol–water partition coefficient (Wildman–Crippen LogP) is -3.10. The van der Waals surface area contributed by atoms with Gasteiger partial charge in [0.05, 0.1) is 19.1 Å². The summed E-state index contributed by atoms with van der Waals surface area (Å²) in [5.41, 5.74) is 16.4. The van der Waals surface area contributed by atoms with Crippen molar-refractivity contribution in [3.8, 4) is 0 Å². The van der Waals surface area contributed by atoms with Crippen molar-refractivity contribution in [2.24, 2.45) is 23.1 Å². The van der Waals surface area contributed by atoms with Crippen LogP contribution in [0.1, 0.15) is 46.0 Å². The third kappa shape index (κ3) is 11.6. The number of aliphatic carboxylic acids is 1. The molecule has 11 N–H and O–H groups in total. The van der Waals surface area contributed by atoms with Gasteiger partial charge in [0, 0.05) is 0 Å². The number of aliphatic hydroxyl groups is 1. The van der Waals surface area contributed by atoms with Crippen LogP contribution in [0.2, 0.25) is 0 Å². The summed E-state index contributed by atoms with van der Waals surface area (Å²) in [7, 11) is 0. The molecule has 4 amide bonds. The molecule has 0 aromatic carbocycles. The zero-order chi connectivity index (χ0) is 24.8. The number of unbranched alkanes of at least 4 members (excludes halogenated alkanes) is 1. The number of primary amides is 1. The van der Waals surface area contributed by atoms with Crippen LogP contribution in [0.3, 0.4) is 0 Å². The van der Waals surface area contributed by atoms with Crippen LogP contribution in [-0.2, 0) is 24.0 Å². The minimum atomic E-state index is -1.63. The molecule has 0 aliphatic carbocycles. The number of carboxylic acid groups (broad SMARTS) is 1. The highest BCUT2D eigenvalue weighted by Crippen LogP contribution is 2.08. The van der Waals surface area contributed by atoms with Gasteiger partial charge in [0.15, 0.2) is 0 Å². The zero-order valence-corrected chi connectivity index (χ0v) is 18.5. The van der Waals surface area contributed by atoms with Crippen LogP contribution in [0, 0.1) is 5.92 Å². The van der Waals surface area contributed by atoms with Crippen molar-refractivity contribution in [2.45, 2.75) is 70.1 Å². The average Bonchev–Trinajstić information content (AvgIpc) is 2.69. The molecule has 0 rings (SSSR count). The molecule has 13 nitrogen and oxygen atoms in total. The third-order valence-electron chi connectivity index (χ3n) is 4.48. The van der Waals surface area contributed by atoms with Gasteiger partial charge in [0.1, 0.15) is 18.1 Å². The molecule has 0 aromatic heterocycles.